The van der Waals surface area contributed by atoms with E-state index in [4.69, 9.17) is 4.74 Å². The highest BCUT2D eigenvalue weighted by Crippen LogP contribution is 2.36. The zero-order valence-electron chi connectivity index (χ0n) is 22.6. The fraction of sp³-hybridized carbons (Fsp3) is 0.438. The van der Waals surface area contributed by atoms with Crippen molar-refractivity contribution >= 4 is 5.91 Å². The molecule has 1 N–H and O–H groups in total. The molecule has 0 spiro atoms. The molecule has 2 heterocycles. The van der Waals surface area contributed by atoms with Crippen molar-refractivity contribution in [2.45, 2.75) is 50.6 Å². The standard InChI is InChI=1S/C32H39N3O3/c1-34-15-13-26(20-31(34)36)29-12-14-33-21-30(29)32(37)35(28-10-11-28)22-24-17-23(7-6-16-38-2)18-27(19-24)25-8-4-3-5-9-25/h3-5,8-9,13,15,17-20,28-30,33H,6-7,10-12,14,16,21-22H2,1-2H3. The maximum Gasteiger partial charge on any atom is 0.250 e. The van der Waals surface area contributed by atoms with Gasteiger partial charge in [-0.2, -0.15) is 0 Å². The molecule has 1 aromatic heterocycles. The van der Waals surface area contributed by atoms with E-state index in [-0.39, 0.29) is 23.3 Å². The number of amides is 1. The Morgan fingerprint density at radius 3 is 2.55 bits per heavy atom. The molecule has 2 aliphatic rings. The Morgan fingerprint density at radius 2 is 1.82 bits per heavy atom. The number of carbonyl (C=O) groups is 1. The molecule has 0 bridgehead atoms. The van der Waals surface area contributed by atoms with Crippen molar-refractivity contribution in [1.29, 1.82) is 0 Å². The first kappa shape index (κ1) is 26.4. The molecular formula is C32H39N3O3. The van der Waals surface area contributed by atoms with Crippen molar-refractivity contribution in [3.8, 4) is 11.1 Å². The molecular weight excluding hydrogens is 474 g/mol. The molecule has 6 nitrogen and oxygen atoms in total. The predicted octanol–water partition coefficient (Wildman–Crippen LogP) is 4.52. The summed E-state index contributed by atoms with van der Waals surface area (Å²) in [7, 11) is 3.50. The third-order valence-corrected chi connectivity index (χ3v) is 7.95. The summed E-state index contributed by atoms with van der Waals surface area (Å²) in [5.74, 6) is 0.0884. The van der Waals surface area contributed by atoms with Crippen LogP contribution in [0.4, 0.5) is 0 Å². The summed E-state index contributed by atoms with van der Waals surface area (Å²) in [5, 5.41) is 3.45. The van der Waals surface area contributed by atoms with Gasteiger partial charge in [0, 0.05) is 52.2 Å². The van der Waals surface area contributed by atoms with Crippen LogP contribution in [0.25, 0.3) is 11.1 Å². The Kier molecular flexibility index (Phi) is 8.40. The molecule has 0 radical (unpaired) electrons. The van der Waals surface area contributed by atoms with Gasteiger partial charge in [0.1, 0.15) is 0 Å². The molecule has 2 fully saturated rings. The number of hydrogen-bond acceptors (Lipinski definition) is 4. The molecule has 1 saturated carbocycles. The first-order valence-corrected chi connectivity index (χ1v) is 13.9. The maximum absolute atomic E-state index is 14.2. The molecule has 6 heteroatoms. The van der Waals surface area contributed by atoms with Crippen LogP contribution in [-0.4, -0.2) is 48.2 Å². The number of piperidine rings is 1. The number of hydrogen-bond donors (Lipinski definition) is 1. The molecule has 3 aromatic rings. The van der Waals surface area contributed by atoms with Gasteiger partial charge in [-0.05, 0) is 84.5 Å². The first-order valence-electron chi connectivity index (χ1n) is 13.9. The molecule has 1 amide bonds. The quantitative estimate of drug-likeness (QED) is 0.405. The van der Waals surface area contributed by atoms with Crippen molar-refractivity contribution in [3.63, 3.8) is 0 Å². The number of nitrogens with one attached hydrogen (secondary N) is 1. The lowest BCUT2D eigenvalue weighted by Gasteiger charge is -2.36. The van der Waals surface area contributed by atoms with Gasteiger partial charge >= 0.3 is 0 Å². The highest BCUT2D eigenvalue weighted by atomic mass is 16.5. The van der Waals surface area contributed by atoms with Crippen LogP contribution in [0, 0.1) is 5.92 Å². The summed E-state index contributed by atoms with van der Waals surface area (Å²) in [6.07, 6.45) is 6.69. The van der Waals surface area contributed by atoms with Gasteiger partial charge in [0.2, 0.25) is 5.91 Å². The van der Waals surface area contributed by atoms with E-state index < -0.39 is 0 Å². The minimum atomic E-state index is -0.171. The zero-order valence-corrected chi connectivity index (χ0v) is 22.6. The summed E-state index contributed by atoms with van der Waals surface area (Å²) >= 11 is 0. The summed E-state index contributed by atoms with van der Waals surface area (Å²) in [6.45, 7) is 2.85. The second-order valence-electron chi connectivity index (χ2n) is 10.8. The lowest BCUT2D eigenvalue weighted by atomic mass is 9.80. The van der Waals surface area contributed by atoms with Crippen LogP contribution in [0.2, 0.25) is 0 Å². The lowest BCUT2D eigenvalue weighted by molar-refractivity contribution is -0.138. The van der Waals surface area contributed by atoms with E-state index in [2.05, 4.69) is 52.7 Å². The number of rotatable bonds is 10. The summed E-state index contributed by atoms with van der Waals surface area (Å²) in [6, 6.07) is 21.3. The van der Waals surface area contributed by atoms with Crippen LogP contribution in [0.3, 0.4) is 0 Å². The average molecular weight is 514 g/mol. The maximum atomic E-state index is 14.2. The number of methoxy groups -OCH3 is 1. The number of pyridine rings is 1. The van der Waals surface area contributed by atoms with Gasteiger partial charge in [0.25, 0.3) is 5.56 Å². The third-order valence-electron chi connectivity index (χ3n) is 7.95. The summed E-state index contributed by atoms with van der Waals surface area (Å²) < 4.78 is 6.88. The van der Waals surface area contributed by atoms with Gasteiger partial charge in [-0.15, -0.1) is 0 Å². The van der Waals surface area contributed by atoms with Gasteiger partial charge in [0.15, 0.2) is 0 Å². The summed E-state index contributed by atoms with van der Waals surface area (Å²) in [4.78, 5) is 28.6. The van der Waals surface area contributed by atoms with Crippen LogP contribution in [-0.2, 0) is 29.5 Å². The smallest absolute Gasteiger partial charge is 0.250 e. The molecule has 1 saturated heterocycles. The van der Waals surface area contributed by atoms with E-state index in [1.165, 1.54) is 22.3 Å². The molecule has 2 atom stereocenters. The normalized spacial score (nSPS) is 19.3. The highest BCUT2D eigenvalue weighted by Gasteiger charge is 2.40. The number of carbonyl (C=O) groups excluding carboxylic acids is 1. The topological polar surface area (TPSA) is 63.6 Å². The molecule has 1 aliphatic carbocycles. The van der Waals surface area contributed by atoms with Crippen LogP contribution in [0.15, 0.2) is 71.7 Å². The van der Waals surface area contributed by atoms with Crippen molar-refractivity contribution in [2.75, 3.05) is 26.8 Å². The van der Waals surface area contributed by atoms with Crippen molar-refractivity contribution in [1.82, 2.24) is 14.8 Å². The molecule has 5 rings (SSSR count). The van der Waals surface area contributed by atoms with Gasteiger partial charge in [0.05, 0.1) is 5.92 Å². The summed E-state index contributed by atoms with van der Waals surface area (Å²) in [5.41, 5.74) is 5.79. The van der Waals surface area contributed by atoms with Crippen LogP contribution in [0.5, 0.6) is 0 Å². The van der Waals surface area contributed by atoms with E-state index in [0.29, 0.717) is 19.1 Å². The van der Waals surface area contributed by atoms with Crippen LogP contribution in [0.1, 0.15) is 48.3 Å². The lowest BCUT2D eigenvalue weighted by Crippen LogP contribution is -2.47. The Morgan fingerprint density at radius 1 is 1.03 bits per heavy atom. The SMILES string of the molecule is COCCCc1cc(CN(C(=O)C2CNCCC2c2ccn(C)c(=O)c2)C2CC2)cc(-c2ccccc2)c1. The fourth-order valence-electron chi connectivity index (χ4n) is 5.71. The van der Waals surface area contributed by atoms with E-state index in [1.807, 2.05) is 18.3 Å². The number of ether oxygens (including phenoxy) is 1. The average Bonchev–Trinajstić information content (AvgIpc) is 3.79. The highest BCUT2D eigenvalue weighted by molar-refractivity contribution is 5.81. The van der Waals surface area contributed by atoms with Crippen molar-refractivity contribution in [3.05, 3.63) is 93.9 Å². The minimum absolute atomic E-state index is 0.0231. The molecule has 2 unspecified atom stereocenters. The minimum Gasteiger partial charge on any atom is -0.385 e. The first-order chi connectivity index (χ1) is 18.5. The molecule has 2 aromatic carbocycles. The van der Waals surface area contributed by atoms with Crippen LogP contribution >= 0.6 is 0 Å². The van der Waals surface area contributed by atoms with Gasteiger partial charge in [-0.25, -0.2) is 0 Å². The Balaban J connectivity index is 1.42. The van der Waals surface area contributed by atoms with E-state index in [0.717, 1.165) is 50.8 Å². The Labute approximate surface area is 225 Å². The van der Waals surface area contributed by atoms with E-state index in [1.54, 1.807) is 24.8 Å². The predicted molar refractivity (Wildman–Crippen MR) is 151 cm³/mol. The number of aromatic nitrogens is 1. The van der Waals surface area contributed by atoms with Crippen molar-refractivity contribution in [2.24, 2.45) is 13.0 Å². The van der Waals surface area contributed by atoms with E-state index >= 15 is 0 Å². The second-order valence-corrected chi connectivity index (χ2v) is 10.8. The second kappa shape index (κ2) is 12.1. The fourth-order valence-corrected chi connectivity index (χ4v) is 5.71. The van der Waals surface area contributed by atoms with Crippen molar-refractivity contribution < 1.29 is 9.53 Å². The van der Waals surface area contributed by atoms with Crippen LogP contribution < -0.4 is 10.9 Å². The Bertz CT molecular complexity index is 1300. The molecule has 38 heavy (non-hydrogen) atoms. The van der Waals surface area contributed by atoms with Gasteiger partial charge in [-0.1, -0.05) is 42.5 Å². The number of aryl methyl sites for hydroxylation is 2. The van der Waals surface area contributed by atoms with Gasteiger partial charge < -0.3 is 19.5 Å². The molecule has 200 valence electrons. The Hall–Kier alpha value is -3.22. The largest absolute Gasteiger partial charge is 0.385 e. The van der Waals surface area contributed by atoms with Gasteiger partial charge in [-0.3, -0.25) is 9.59 Å². The zero-order chi connectivity index (χ0) is 26.5. The monoisotopic (exact) mass is 513 g/mol. The van der Waals surface area contributed by atoms with E-state index in [9.17, 15) is 9.59 Å². The number of nitrogens with zero attached hydrogens (tertiary/aromatic N) is 2. The number of benzene rings is 2. The molecule has 1 aliphatic heterocycles. The third kappa shape index (κ3) is 6.25.